The number of thioether (sulfide) groups is 1. The van der Waals surface area contributed by atoms with Crippen molar-refractivity contribution in [1.29, 1.82) is 0 Å². The Morgan fingerprint density at radius 1 is 1.50 bits per heavy atom. The molecule has 8 heteroatoms. The maximum atomic E-state index is 12.6. The van der Waals surface area contributed by atoms with Crippen molar-refractivity contribution in [1.82, 2.24) is 4.98 Å². The van der Waals surface area contributed by atoms with Gasteiger partial charge in [-0.2, -0.15) is 13.2 Å². The molecule has 1 aromatic heterocycles. The third kappa shape index (κ3) is 3.24. The minimum atomic E-state index is -4.41. The van der Waals surface area contributed by atoms with Gasteiger partial charge in [0.05, 0.1) is 27.0 Å². The summed E-state index contributed by atoms with van der Waals surface area (Å²) in [5, 5.41) is 10.1. The molecule has 0 aliphatic carbocycles. The average molecular weight is 320 g/mol. The van der Waals surface area contributed by atoms with Crippen LogP contribution in [0.15, 0.2) is 22.5 Å². The molecule has 1 heterocycles. The van der Waals surface area contributed by atoms with Crippen molar-refractivity contribution in [3.63, 3.8) is 0 Å². The Morgan fingerprint density at radius 3 is 2.75 bits per heavy atom. The van der Waals surface area contributed by atoms with Gasteiger partial charge in [-0.3, -0.25) is 0 Å². The van der Waals surface area contributed by atoms with Crippen molar-refractivity contribution in [3.05, 3.63) is 23.8 Å². The highest BCUT2D eigenvalue weighted by Crippen LogP contribution is 2.36. The van der Waals surface area contributed by atoms with E-state index in [1.165, 1.54) is 17.4 Å². The standard InChI is InChI=1S/C12H10F3NO2S2/c1-2-8(10(17)18)19-11-16-7-5-6(12(13,14)15)3-4-9(7)20-11/h3-5,8H,2H2,1H3,(H,17,18)/p-1. The Balaban J connectivity index is 2.32. The fourth-order valence-corrected chi connectivity index (χ4v) is 3.70. The molecular weight excluding hydrogens is 311 g/mol. The molecule has 0 aliphatic rings. The molecular formula is C12H9F3NO2S2-. The Morgan fingerprint density at radius 2 is 2.20 bits per heavy atom. The zero-order valence-corrected chi connectivity index (χ0v) is 11.9. The molecule has 2 aromatic rings. The molecule has 1 aromatic carbocycles. The summed E-state index contributed by atoms with van der Waals surface area (Å²) < 4.78 is 38.8. The summed E-state index contributed by atoms with van der Waals surface area (Å²) in [6.07, 6.45) is -4.06. The van der Waals surface area contributed by atoms with E-state index in [1.807, 2.05) is 0 Å². The maximum absolute atomic E-state index is 12.6. The highest BCUT2D eigenvalue weighted by Gasteiger charge is 2.30. The largest absolute Gasteiger partial charge is 0.549 e. The summed E-state index contributed by atoms with van der Waals surface area (Å²) in [6, 6.07) is 3.31. The minimum absolute atomic E-state index is 0.223. The molecule has 0 saturated carbocycles. The number of benzene rings is 1. The van der Waals surface area contributed by atoms with Gasteiger partial charge >= 0.3 is 6.18 Å². The van der Waals surface area contributed by atoms with E-state index in [1.54, 1.807) is 6.92 Å². The minimum Gasteiger partial charge on any atom is -0.549 e. The van der Waals surface area contributed by atoms with Gasteiger partial charge < -0.3 is 9.90 Å². The van der Waals surface area contributed by atoms with Crippen molar-refractivity contribution >= 4 is 39.3 Å². The summed E-state index contributed by atoms with van der Waals surface area (Å²) in [6.45, 7) is 1.70. The Bertz CT molecular complexity index is 639. The molecule has 0 fully saturated rings. The fraction of sp³-hybridized carbons (Fsp3) is 0.333. The first kappa shape index (κ1) is 15.1. The summed E-state index contributed by atoms with van der Waals surface area (Å²) in [4.78, 5) is 14.9. The number of carbonyl (C=O) groups excluding carboxylic acids is 1. The van der Waals surface area contributed by atoms with E-state index in [4.69, 9.17) is 0 Å². The highest BCUT2D eigenvalue weighted by atomic mass is 32.2. The second-order valence-corrected chi connectivity index (χ2v) is 6.47. The molecule has 0 radical (unpaired) electrons. The van der Waals surface area contributed by atoms with E-state index >= 15 is 0 Å². The number of halogens is 3. The Labute approximate surface area is 120 Å². The maximum Gasteiger partial charge on any atom is 0.416 e. The van der Waals surface area contributed by atoms with Crippen molar-refractivity contribution in [2.45, 2.75) is 29.1 Å². The number of hydrogen-bond acceptors (Lipinski definition) is 5. The van der Waals surface area contributed by atoms with Crippen LogP contribution in [0.3, 0.4) is 0 Å². The molecule has 0 spiro atoms. The van der Waals surface area contributed by atoms with Gasteiger partial charge in [0, 0.05) is 0 Å². The molecule has 108 valence electrons. The third-order valence-corrected chi connectivity index (χ3v) is 5.04. The molecule has 3 nitrogen and oxygen atoms in total. The monoisotopic (exact) mass is 320 g/mol. The molecule has 0 amide bonds. The molecule has 0 saturated heterocycles. The first-order chi connectivity index (χ1) is 9.31. The van der Waals surface area contributed by atoms with Crippen LogP contribution in [0.4, 0.5) is 13.2 Å². The number of nitrogens with zero attached hydrogens (tertiary/aromatic N) is 1. The van der Waals surface area contributed by atoms with Gasteiger partial charge in [-0.05, 0) is 24.6 Å². The lowest BCUT2D eigenvalue weighted by atomic mass is 10.2. The van der Waals surface area contributed by atoms with Crippen molar-refractivity contribution in [2.75, 3.05) is 0 Å². The Hall–Kier alpha value is -1.28. The van der Waals surface area contributed by atoms with E-state index in [9.17, 15) is 23.1 Å². The van der Waals surface area contributed by atoms with Gasteiger partial charge in [0.2, 0.25) is 0 Å². The van der Waals surface area contributed by atoms with Crippen molar-refractivity contribution in [3.8, 4) is 0 Å². The number of rotatable bonds is 4. The van der Waals surface area contributed by atoms with Crippen LogP contribution in [-0.4, -0.2) is 16.2 Å². The van der Waals surface area contributed by atoms with Crippen LogP contribution in [0.25, 0.3) is 10.2 Å². The normalized spacial score (nSPS) is 13.6. The van der Waals surface area contributed by atoms with Gasteiger partial charge in [0.15, 0.2) is 4.34 Å². The number of fused-ring (bicyclic) bond motifs is 1. The van der Waals surface area contributed by atoms with Crippen LogP contribution >= 0.6 is 23.1 Å². The van der Waals surface area contributed by atoms with Gasteiger partial charge in [-0.15, -0.1) is 11.3 Å². The predicted octanol–water partition coefficient (Wildman–Crippen LogP) is 2.94. The zero-order chi connectivity index (χ0) is 14.9. The highest BCUT2D eigenvalue weighted by molar-refractivity contribution is 8.02. The number of aliphatic carboxylic acids is 1. The van der Waals surface area contributed by atoms with Crippen molar-refractivity contribution < 1.29 is 23.1 Å². The number of carboxylic acids is 1. The smallest absolute Gasteiger partial charge is 0.416 e. The topological polar surface area (TPSA) is 53.0 Å². The first-order valence-corrected chi connectivity index (χ1v) is 7.36. The van der Waals surface area contributed by atoms with Crippen molar-refractivity contribution in [2.24, 2.45) is 0 Å². The lowest BCUT2D eigenvalue weighted by molar-refractivity contribution is -0.304. The van der Waals surface area contributed by atoms with Crippen LogP contribution in [0, 0.1) is 0 Å². The molecule has 1 atom stereocenters. The van der Waals surface area contributed by atoms with E-state index in [0.29, 0.717) is 15.5 Å². The van der Waals surface area contributed by atoms with Crippen LogP contribution < -0.4 is 5.11 Å². The first-order valence-electron chi connectivity index (χ1n) is 5.66. The summed E-state index contributed by atoms with van der Waals surface area (Å²) >= 11 is 2.17. The fourth-order valence-electron chi connectivity index (χ4n) is 1.55. The van der Waals surface area contributed by atoms with Gasteiger partial charge in [0.25, 0.3) is 0 Å². The van der Waals surface area contributed by atoms with Gasteiger partial charge in [0.1, 0.15) is 0 Å². The second-order valence-electron chi connectivity index (χ2n) is 3.99. The van der Waals surface area contributed by atoms with Crippen LogP contribution in [-0.2, 0) is 11.0 Å². The van der Waals surface area contributed by atoms with Crippen LogP contribution in [0.1, 0.15) is 18.9 Å². The van der Waals surface area contributed by atoms with E-state index in [2.05, 4.69) is 4.98 Å². The quantitative estimate of drug-likeness (QED) is 0.813. The molecule has 0 bridgehead atoms. The molecule has 20 heavy (non-hydrogen) atoms. The van der Waals surface area contributed by atoms with E-state index in [-0.39, 0.29) is 5.52 Å². The average Bonchev–Trinajstić information content (AvgIpc) is 2.75. The molecule has 1 unspecified atom stereocenters. The van der Waals surface area contributed by atoms with Gasteiger partial charge in [-0.25, -0.2) is 4.98 Å². The number of hydrogen-bond donors (Lipinski definition) is 0. The number of thiazole rings is 1. The van der Waals surface area contributed by atoms with E-state index in [0.717, 1.165) is 23.9 Å². The van der Waals surface area contributed by atoms with Crippen LogP contribution in [0.2, 0.25) is 0 Å². The lowest BCUT2D eigenvalue weighted by Crippen LogP contribution is -2.32. The zero-order valence-electron chi connectivity index (χ0n) is 10.2. The predicted molar refractivity (Wildman–Crippen MR) is 69.6 cm³/mol. The number of alkyl halides is 3. The summed E-state index contributed by atoms with van der Waals surface area (Å²) in [5.74, 6) is -1.20. The molecule has 2 rings (SSSR count). The number of aromatic nitrogens is 1. The number of carboxylic acid groups (broad SMARTS) is 1. The summed E-state index contributed by atoms with van der Waals surface area (Å²) in [5.41, 5.74) is -0.542. The Kier molecular flexibility index (Phi) is 4.24. The van der Waals surface area contributed by atoms with Crippen LogP contribution in [0.5, 0.6) is 0 Å². The SMILES string of the molecule is CCC(Sc1nc2cc(C(F)(F)F)ccc2s1)C(=O)[O-]. The lowest BCUT2D eigenvalue weighted by Gasteiger charge is -2.12. The molecule has 0 aliphatic heterocycles. The van der Waals surface area contributed by atoms with Gasteiger partial charge in [-0.1, -0.05) is 18.7 Å². The second kappa shape index (κ2) is 5.61. The third-order valence-electron chi connectivity index (χ3n) is 2.57. The summed E-state index contributed by atoms with van der Waals surface area (Å²) in [7, 11) is 0. The van der Waals surface area contributed by atoms with E-state index < -0.39 is 23.0 Å². The number of carbonyl (C=O) groups is 1. The molecule has 0 N–H and O–H groups in total.